The molecule has 0 radical (unpaired) electrons. The van der Waals surface area contributed by atoms with Crippen molar-refractivity contribution in [1.29, 1.82) is 0 Å². The average Bonchev–Trinajstić information content (AvgIpc) is 2.89. The summed E-state index contributed by atoms with van der Waals surface area (Å²) in [5.74, 6) is 0.845. The van der Waals surface area contributed by atoms with Crippen LogP contribution in [0.15, 0.2) is 30.5 Å². The van der Waals surface area contributed by atoms with Crippen molar-refractivity contribution in [2.45, 2.75) is 19.9 Å². The van der Waals surface area contributed by atoms with E-state index < -0.39 is 0 Å². The molecule has 0 spiro atoms. The molecule has 2 aromatic rings. The first kappa shape index (κ1) is 15.4. The van der Waals surface area contributed by atoms with Gasteiger partial charge in [0.05, 0.1) is 18.7 Å². The molecule has 0 aliphatic heterocycles. The number of ether oxygens (including phenoxy) is 2. The van der Waals surface area contributed by atoms with Crippen molar-refractivity contribution >= 4 is 16.8 Å². The number of carbonyl (C=O) groups excluding carboxylic acids is 1. The van der Waals surface area contributed by atoms with Crippen LogP contribution >= 0.6 is 0 Å². The van der Waals surface area contributed by atoms with Gasteiger partial charge < -0.3 is 19.4 Å². The maximum atomic E-state index is 11.9. The number of methoxy groups -OCH3 is 1. The summed E-state index contributed by atoms with van der Waals surface area (Å²) in [6, 6.07) is 7.90. The number of benzene rings is 1. The highest BCUT2D eigenvalue weighted by Gasteiger charge is 2.09. The van der Waals surface area contributed by atoms with E-state index >= 15 is 0 Å². The monoisotopic (exact) mass is 290 g/mol. The van der Waals surface area contributed by atoms with Gasteiger partial charge in [0.25, 0.3) is 0 Å². The number of hydrogen-bond acceptors (Lipinski definition) is 3. The van der Waals surface area contributed by atoms with Gasteiger partial charge in [-0.05, 0) is 24.6 Å². The Bertz CT molecular complexity index is 592. The molecule has 0 saturated carbocycles. The first-order chi connectivity index (χ1) is 10.3. The zero-order valence-corrected chi connectivity index (χ0v) is 12.6. The molecule has 21 heavy (non-hydrogen) atoms. The predicted molar refractivity (Wildman–Crippen MR) is 82.6 cm³/mol. The van der Waals surface area contributed by atoms with Gasteiger partial charge in [-0.3, -0.25) is 4.79 Å². The van der Waals surface area contributed by atoms with Gasteiger partial charge in [-0.2, -0.15) is 0 Å². The van der Waals surface area contributed by atoms with Gasteiger partial charge in [0, 0.05) is 25.2 Å². The molecule has 1 aromatic heterocycles. The number of nitrogens with zero attached hydrogens (tertiary/aromatic N) is 1. The molecule has 0 bridgehead atoms. The summed E-state index contributed by atoms with van der Waals surface area (Å²) in [4.78, 5) is 11.9. The van der Waals surface area contributed by atoms with E-state index in [0.717, 1.165) is 23.1 Å². The van der Waals surface area contributed by atoms with Crippen LogP contribution in [0.5, 0.6) is 5.75 Å². The van der Waals surface area contributed by atoms with E-state index in [-0.39, 0.29) is 5.91 Å². The molecule has 2 rings (SSSR count). The minimum atomic E-state index is -0.0237. The predicted octanol–water partition coefficient (Wildman–Crippen LogP) is 2.19. The van der Waals surface area contributed by atoms with Crippen molar-refractivity contribution in [1.82, 2.24) is 9.88 Å². The molecular weight excluding hydrogens is 268 g/mol. The van der Waals surface area contributed by atoms with E-state index in [4.69, 9.17) is 9.47 Å². The third-order valence-corrected chi connectivity index (χ3v) is 3.18. The summed E-state index contributed by atoms with van der Waals surface area (Å²) in [6.07, 6.45) is 2.89. The Morgan fingerprint density at radius 1 is 1.29 bits per heavy atom. The Balaban J connectivity index is 2.09. The summed E-state index contributed by atoms with van der Waals surface area (Å²) in [5, 5.41) is 3.86. The highest BCUT2D eigenvalue weighted by atomic mass is 16.5. The second-order valence-corrected chi connectivity index (χ2v) is 4.82. The van der Waals surface area contributed by atoms with E-state index in [1.165, 1.54) is 0 Å². The lowest BCUT2D eigenvalue weighted by Gasteiger charge is -2.09. The van der Waals surface area contributed by atoms with E-state index in [9.17, 15) is 4.79 Å². The molecule has 0 fully saturated rings. The van der Waals surface area contributed by atoms with Gasteiger partial charge in [-0.25, -0.2) is 0 Å². The van der Waals surface area contributed by atoms with E-state index in [1.54, 1.807) is 7.11 Å². The first-order valence-corrected chi connectivity index (χ1v) is 7.22. The Labute approximate surface area is 124 Å². The van der Waals surface area contributed by atoms with Gasteiger partial charge in [-0.15, -0.1) is 0 Å². The standard InChI is InChI=1S/C16H22N2O3/c1-3-10-21-15-6-4-5-14-13(15)7-9-18(14)12-16(19)17-8-11-20-2/h4-7,9H,3,8,10-12H2,1-2H3,(H,17,19). The second kappa shape index (κ2) is 7.69. The number of rotatable bonds is 8. The largest absolute Gasteiger partial charge is 0.493 e. The van der Waals surface area contributed by atoms with Gasteiger partial charge in [0.15, 0.2) is 0 Å². The number of hydrogen-bond donors (Lipinski definition) is 1. The van der Waals surface area contributed by atoms with Crippen LogP contribution in [0.3, 0.4) is 0 Å². The molecule has 0 atom stereocenters. The fraction of sp³-hybridized carbons (Fsp3) is 0.438. The molecule has 5 heteroatoms. The minimum absolute atomic E-state index is 0.0237. The maximum Gasteiger partial charge on any atom is 0.240 e. The molecule has 0 aliphatic carbocycles. The van der Waals surface area contributed by atoms with Crippen LogP contribution in [0.25, 0.3) is 10.9 Å². The van der Waals surface area contributed by atoms with Crippen molar-refractivity contribution in [3.63, 3.8) is 0 Å². The maximum absolute atomic E-state index is 11.9. The van der Waals surface area contributed by atoms with Gasteiger partial charge in [0.2, 0.25) is 5.91 Å². The first-order valence-electron chi connectivity index (χ1n) is 7.22. The fourth-order valence-electron chi connectivity index (χ4n) is 2.17. The smallest absolute Gasteiger partial charge is 0.240 e. The van der Waals surface area contributed by atoms with E-state index in [2.05, 4.69) is 12.2 Å². The third kappa shape index (κ3) is 3.98. The SMILES string of the molecule is CCCOc1cccc2c1ccn2CC(=O)NCCOC. The number of carbonyl (C=O) groups is 1. The van der Waals surface area contributed by atoms with Crippen molar-refractivity contribution in [2.24, 2.45) is 0 Å². The molecule has 1 N–H and O–H groups in total. The van der Waals surface area contributed by atoms with Crippen LogP contribution in [-0.2, 0) is 16.1 Å². The zero-order chi connectivity index (χ0) is 15.1. The fourth-order valence-corrected chi connectivity index (χ4v) is 2.17. The molecule has 114 valence electrons. The van der Waals surface area contributed by atoms with Crippen molar-refractivity contribution in [3.05, 3.63) is 30.5 Å². The molecule has 1 heterocycles. The van der Waals surface area contributed by atoms with Crippen LogP contribution in [0, 0.1) is 0 Å². The molecule has 1 amide bonds. The molecule has 0 saturated heterocycles. The number of nitrogens with one attached hydrogen (secondary N) is 1. The number of amides is 1. The second-order valence-electron chi connectivity index (χ2n) is 4.82. The topological polar surface area (TPSA) is 52.5 Å². The Hall–Kier alpha value is -2.01. The summed E-state index contributed by atoms with van der Waals surface area (Å²) in [6.45, 7) is 4.12. The summed E-state index contributed by atoms with van der Waals surface area (Å²) < 4.78 is 12.6. The van der Waals surface area contributed by atoms with Crippen molar-refractivity contribution in [2.75, 3.05) is 26.9 Å². The molecule has 0 aliphatic rings. The van der Waals surface area contributed by atoms with Gasteiger partial charge in [-0.1, -0.05) is 13.0 Å². The van der Waals surface area contributed by atoms with Crippen molar-refractivity contribution in [3.8, 4) is 5.75 Å². The molecular formula is C16H22N2O3. The highest BCUT2D eigenvalue weighted by molar-refractivity contribution is 5.88. The highest BCUT2D eigenvalue weighted by Crippen LogP contribution is 2.26. The van der Waals surface area contributed by atoms with Crippen molar-refractivity contribution < 1.29 is 14.3 Å². The third-order valence-electron chi connectivity index (χ3n) is 3.18. The van der Waals surface area contributed by atoms with Crippen LogP contribution in [0.4, 0.5) is 0 Å². The lowest BCUT2D eigenvalue weighted by Crippen LogP contribution is -2.30. The summed E-state index contributed by atoms with van der Waals surface area (Å²) in [5.41, 5.74) is 1.01. The van der Waals surface area contributed by atoms with Crippen LogP contribution < -0.4 is 10.1 Å². The summed E-state index contributed by atoms with van der Waals surface area (Å²) in [7, 11) is 1.61. The number of aromatic nitrogens is 1. The quantitative estimate of drug-likeness (QED) is 0.758. The van der Waals surface area contributed by atoms with E-state index in [0.29, 0.717) is 26.3 Å². The molecule has 5 nitrogen and oxygen atoms in total. The molecule has 1 aromatic carbocycles. The van der Waals surface area contributed by atoms with Gasteiger partial charge >= 0.3 is 0 Å². The Morgan fingerprint density at radius 3 is 2.90 bits per heavy atom. The molecule has 0 unspecified atom stereocenters. The lowest BCUT2D eigenvalue weighted by molar-refractivity contribution is -0.121. The minimum Gasteiger partial charge on any atom is -0.493 e. The normalized spacial score (nSPS) is 10.8. The van der Waals surface area contributed by atoms with Crippen LogP contribution in [0.2, 0.25) is 0 Å². The Kier molecular flexibility index (Phi) is 5.63. The van der Waals surface area contributed by atoms with Crippen LogP contribution in [0.1, 0.15) is 13.3 Å². The van der Waals surface area contributed by atoms with Crippen LogP contribution in [-0.4, -0.2) is 37.3 Å². The lowest BCUT2D eigenvalue weighted by atomic mass is 10.2. The summed E-state index contributed by atoms with van der Waals surface area (Å²) >= 11 is 0. The zero-order valence-electron chi connectivity index (χ0n) is 12.6. The van der Waals surface area contributed by atoms with E-state index in [1.807, 2.05) is 35.0 Å². The number of fused-ring (bicyclic) bond motifs is 1. The Morgan fingerprint density at radius 2 is 2.14 bits per heavy atom. The average molecular weight is 290 g/mol. The van der Waals surface area contributed by atoms with Gasteiger partial charge in [0.1, 0.15) is 12.3 Å².